The lowest BCUT2D eigenvalue weighted by molar-refractivity contribution is -0.141. The van der Waals surface area contributed by atoms with Crippen molar-refractivity contribution in [2.75, 3.05) is 6.61 Å². The average Bonchev–Trinajstić information content (AvgIpc) is 3.17. The quantitative estimate of drug-likeness (QED) is 0.732. The van der Waals surface area contributed by atoms with Crippen molar-refractivity contribution in [1.82, 2.24) is 5.32 Å². The maximum Gasteiger partial charge on any atom is 0.326 e. The summed E-state index contributed by atoms with van der Waals surface area (Å²) in [5, 5.41) is 11.7. The van der Waals surface area contributed by atoms with Crippen molar-refractivity contribution in [3.05, 3.63) is 29.8 Å². The van der Waals surface area contributed by atoms with E-state index >= 15 is 0 Å². The van der Waals surface area contributed by atoms with Gasteiger partial charge in [0.25, 0.3) is 5.91 Å². The topological polar surface area (TPSA) is 88.2 Å². The normalized spacial score (nSPS) is 21.4. The van der Waals surface area contributed by atoms with Crippen LogP contribution in [0.25, 0.3) is 0 Å². The molecule has 6 heteroatoms. The van der Waals surface area contributed by atoms with Crippen molar-refractivity contribution in [2.45, 2.75) is 38.5 Å². The molecule has 1 aromatic carbocycles. The van der Waals surface area contributed by atoms with Crippen LogP contribution in [-0.4, -0.2) is 41.8 Å². The minimum absolute atomic E-state index is 0.134. The second kappa shape index (κ2) is 6.58. The Morgan fingerprint density at radius 2 is 2.00 bits per heavy atom. The molecule has 0 saturated carbocycles. The third-order valence-electron chi connectivity index (χ3n) is 3.26. The Kier molecular flexibility index (Phi) is 4.80. The zero-order chi connectivity index (χ0) is 15.4. The Morgan fingerprint density at radius 3 is 2.48 bits per heavy atom. The number of benzene rings is 1. The minimum Gasteiger partial charge on any atom is -0.494 e. The molecule has 0 aliphatic carbocycles. The van der Waals surface area contributed by atoms with E-state index in [0.29, 0.717) is 6.61 Å². The van der Waals surface area contributed by atoms with Crippen molar-refractivity contribution >= 4 is 11.9 Å². The highest BCUT2D eigenvalue weighted by Gasteiger charge is 2.42. The summed E-state index contributed by atoms with van der Waals surface area (Å²) in [4.78, 5) is 23.0. The summed E-state index contributed by atoms with van der Waals surface area (Å²) in [6.07, 6.45) is -0.439. The molecule has 6 nitrogen and oxygen atoms in total. The molecule has 21 heavy (non-hydrogen) atoms. The van der Waals surface area contributed by atoms with Crippen LogP contribution in [0.1, 0.15) is 19.4 Å². The second-order valence-electron chi connectivity index (χ2n) is 4.94. The summed E-state index contributed by atoms with van der Waals surface area (Å²) >= 11 is 0. The molecule has 1 fully saturated rings. The first kappa shape index (κ1) is 15.3. The molecule has 1 unspecified atom stereocenters. The molecule has 2 N–H and O–H groups in total. The van der Waals surface area contributed by atoms with Gasteiger partial charge in [-0.2, -0.15) is 0 Å². The molecular weight excluding hydrogens is 274 g/mol. The Labute approximate surface area is 123 Å². The van der Waals surface area contributed by atoms with Gasteiger partial charge in [0.2, 0.25) is 0 Å². The van der Waals surface area contributed by atoms with Gasteiger partial charge in [-0.1, -0.05) is 12.1 Å². The third-order valence-corrected chi connectivity index (χ3v) is 3.26. The van der Waals surface area contributed by atoms with E-state index in [2.05, 4.69) is 5.32 Å². The van der Waals surface area contributed by atoms with Gasteiger partial charge in [-0.15, -0.1) is 0 Å². The fourth-order valence-electron chi connectivity index (χ4n) is 2.04. The number of epoxide rings is 1. The van der Waals surface area contributed by atoms with Gasteiger partial charge in [-0.3, -0.25) is 4.79 Å². The number of carbonyl (C=O) groups excluding carboxylic acids is 1. The number of carboxylic acids is 1. The third kappa shape index (κ3) is 4.19. The van der Waals surface area contributed by atoms with Crippen LogP contribution < -0.4 is 10.1 Å². The molecule has 1 heterocycles. The van der Waals surface area contributed by atoms with Crippen molar-refractivity contribution < 1.29 is 24.2 Å². The summed E-state index contributed by atoms with van der Waals surface area (Å²) in [6, 6.07) is 6.19. The number of ether oxygens (including phenoxy) is 2. The number of carbonyl (C=O) groups is 2. The zero-order valence-corrected chi connectivity index (χ0v) is 12.0. The van der Waals surface area contributed by atoms with E-state index in [-0.39, 0.29) is 18.4 Å². The first-order valence-corrected chi connectivity index (χ1v) is 6.91. The number of amides is 1. The van der Waals surface area contributed by atoms with Crippen molar-refractivity contribution in [3.63, 3.8) is 0 Å². The van der Waals surface area contributed by atoms with Crippen LogP contribution in [0.5, 0.6) is 5.75 Å². The van der Waals surface area contributed by atoms with Gasteiger partial charge >= 0.3 is 5.97 Å². The van der Waals surface area contributed by atoms with E-state index in [1.54, 1.807) is 31.2 Å². The average molecular weight is 293 g/mol. The van der Waals surface area contributed by atoms with E-state index in [1.165, 1.54) is 0 Å². The van der Waals surface area contributed by atoms with E-state index in [4.69, 9.17) is 9.47 Å². The first-order valence-electron chi connectivity index (χ1n) is 6.91. The number of aliphatic carboxylic acids is 1. The van der Waals surface area contributed by atoms with Crippen molar-refractivity contribution in [2.24, 2.45) is 0 Å². The molecule has 114 valence electrons. The molecule has 0 bridgehead atoms. The number of hydrogen-bond acceptors (Lipinski definition) is 4. The van der Waals surface area contributed by atoms with Crippen LogP contribution >= 0.6 is 0 Å². The molecular formula is C15H19NO5. The van der Waals surface area contributed by atoms with Crippen molar-refractivity contribution in [3.8, 4) is 5.75 Å². The summed E-state index contributed by atoms with van der Waals surface area (Å²) in [5.41, 5.74) is 0.816. The van der Waals surface area contributed by atoms with Gasteiger partial charge < -0.3 is 19.9 Å². The molecule has 3 atom stereocenters. The molecule has 1 aliphatic rings. The van der Waals surface area contributed by atoms with Gasteiger partial charge in [0.1, 0.15) is 11.8 Å². The summed E-state index contributed by atoms with van der Waals surface area (Å²) in [6.45, 7) is 4.24. The highest BCUT2D eigenvalue weighted by atomic mass is 16.6. The van der Waals surface area contributed by atoms with Crippen LogP contribution in [0.4, 0.5) is 0 Å². The molecule has 1 aliphatic heterocycles. The Hall–Kier alpha value is -2.08. The van der Waals surface area contributed by atoms with Crippen LogP contribution in [-0.2, 0) is 20.7 Å². The fourth-order valence-corrected chi connectivity index (χ4v) is 2.04. The SMILES string of the molecule is CCOc1ccc(C[C@H](NC(=O)[C@H]2OC2C)C(=O)O)cc1. The summed E-state index contributed by atoms with van der Waals surface area (Å²) in [5.74, 6) is -0.705. The Morgan fingerprint density at radius 1 is 1.38 bits per heavy atom. The number of rotatable bonds is 7. The molecule has 0 spiro atoms. The van der Waals surface area contributed by atoms with Gasteiger partial charge in [-0.05, 0) is 31.5 Å². The number of hydrogen-bond donors (Lipinski definition) is 2. The molecule has 2 rings (SSSR count). The largest absolute Gasteiger partial charge is 0.494 e. The lowest BCUT2D eigenvalue weighted by Gasteiger charge is -2.14. The van der Waals surface area contributed by atoms with E-state index < -0.39 is 18.1 Å². The van der Waals surface area contributed by atoms with E-state index in [0.717, 1.165) is 11.3 Å². The Balaban J connectivity index is 1.95. The molecule has 1 amide bonds. The Bertz CT molecular complexity index is 513. The number of nitrogens with one attached hydrogen (secondary N) is 1. The summed E-state index contributed by atoms with van der Waals surface area (Å²) < 4.78 is 10.4. The molecule has 1 aromatic rings. The van der Waals surface area contributed by atoms with E-state index in [1.807, 2.05) is 6.92 Å². The van der Waals surface area contributed by atoms with Crippen molar-refractivity contribution in [1.29, 1.82) is 0 Å². The molecule has 0 radical (unpaired) electrons. The van der Waals surface area contributed by atoms with Gasteiger partial charge in [0, 0.05) is 6.42 Å². The van der Waals surface area contributed by atoms with Gasteiger partial charge in [0.15, 0.2) is 6.10 Å². The van der Waals surface area contributed by atoms with Gasteiger partial charge in [0.05, 0.1) is 12.7 Å². The summed E-state index contributed by atoms with van der Waals surface area (Å²) in [7, 11) is 0. The highest BCUT2D eigenvalue weighted by Crippen LogP contribution is 2.21. The predicted octanol–water partition coefficient (Wildman–Crippen LogP) is 0.984. The van der Waals surface area contributed by atoms with Crippen LogP contribution in [0.3, 0.4) is 0 Å². The maximum atomic E-state index is 11.7. The van der Waals surface area contributed by atoms with Crippen LogP contribution in [0.2, 0.25) is 0 Å². The first-order chi connectivity index (χ1) is 10.0. The smallest absolute Gasteiger partial charge is 0.326 e. The van der Waals surface area contributed by atoms with Gasteiger partial charge in [-0.25, -0.2) is 4.79 Å². The fraction of sp³-hybridized carbons (Fsp3) is 0.467. The number of carboxylic acid groups (broad SMARTS) is 1. The predicted molar refractivity (Wildman–Crippen MR) is 75.2 cm³/mol. The molecule has 0 aromatic heterocycles. The lowest BCUT2D eigenvalue weighted by atomic mass is 10.1. The second-order valence-corrected chi connectivity index (χ2v) is 4.94. The highest BCUT2D eigenvalue weighted by molar-refractivity contribution is 5.88. The molecule has 1 saturated heterocycles. The zero-order valence-electron chi connectivity index (χ0n) is 12.0. The monoisotopic (exact) mass is 293 g/mol. The van der Waals surface area contributed by atoms with Crippen LogP contribution in [0, 0.1) is 0 Å². The minimum atomic E-state index is -1.06. The van der Waals surface area contributed by atoms with E-state index in [9.17, 15) is 14.7 Å². The standard InChI is InChI=1S/C15H19NO5/c1-3-20-11-6-4-10(5-7-11)8-12(15(18)19)16-14(17)13-9(2)21-13/h4-7,9,12-13H,3,8H2,1-2H3,(H,16,17)(H,18,19)/t9?,12-,13-/m0/s1. The maximum absolute atomic E-state index is 11.7. The van der Waals surface area contributed by atoms with Crippen LogP contribution in [0.15, 0.2) is 24.3 Å². The lowest BCUT2D eigenvalue weighted by Crippen LogP contribution is -2.44.